The molecular weight excluding hydrogens is 311 g/mol. The Balaban J connectivity index is 1.73. The van der Waals surface area contributed by atoms with Crippen molar-refractivity contribution in [3.63, 3.8) is 0 Å². The van der Waals surface area contributed by atoms with Crippen molar-refractivity contribution in [2.75, 3.05) is 19.6 Å². The van der Waals surface area contributed by atoms with Crippen molar-refractivity contribution in [3.05, 3.63) is 29.8 Å². The van der Waals surface area contributed by atoms with E-state index >= 15 is 0 Å². The zero-order chi connectivity index (χ0) is 16.9. The molecule has 1 amide bonds. The van der Waals surface area contributed by atoms with Crippen LogP contribution in [-0.2, 0) is 11.3 Å². The van der Waals surface area contributed by atoms with Crippen LogP contribution in [0.25, 0.3) is 0 Å². The minimum absolute atomic E-state index is 0.115. The molecule has 1 saturated heterocycles. The number of halogens is 3. The highest BCUT2D eigenvalue weighted by atomic mass is 19.4. The number of nitrogens with one attached hydrogen (secondary N) is 1. The standard InChI is InChI=1S/C15H20F3N3O2/c16-15(17,18)23-13-3-1-11(2-4-13)9-20-14(22)10-21-7-5-12(19)6-8-21/h1-4,12H,5-10,19H2,(H,20,22). The lowest BCUT2D eigenvalue weighted by Gasteiger charge is -2.29. The number of piperidine rings is 1. The van der Waals surface area contributed by atoms with Gasteiger partial charge in [0.05, 0.1) is 6.54 Å². The van der Waals surface area contributed by atoms with Crippen LogP contribution < -0.4 is 15.8 Å². The van der Waals surface area contributed by atoms with E-state index in [4.69, 9.17) is 5.73 Å². The van der Waals surface area contributed by atoms with Crippen LogP contribution in [0.2, 0.25) is 0 Å². The Morgan fingerprint density at radius 3 is 2.43 bits per heavy atom. The van der Waals surface area contributed by atoms with Crippen LogP contribution in [0.4, 0.5) is 13.2 Å². The average molecular weight is 331 g/mol. The van der Waals surface area contributed by atoms with Gasteiger partial charge in [-0.05, 0) is 30.5 Å². The fourth-order valence-electron chi connectivity index (χ4n) is 2.38. The van der Waals surface area contributed by atoms with E-state index in [1.807, 2.05) is 4.90 Å². The number of benzene rings is 1. The summed E-state index contributed by atoms with van der Waals surface area (Å²) in [6, 6.07) is 5.64. The number of hydrogen-bond donors (Lipinski definition) is 2. The van der Waals surface area contributed by atoms with Crippen LogP contribution in [0.3, 0.4) is 0 Å². The molecule has 1 aromatic rings. The fraction of sp³-hybridized carbons (Fsp3) is 0.533. The Bertz CT molecular complexity index is 512. The highest BCUT2D eigenvalue weighted by Crippen LogP contribution is 2.22. The van der Waals surface area contributed by atoms with Gasteiger partial charge in [0, 0.05) is 25.7 Å². The molecule has 0 spiro atoms. The molecule has 0 aliphatic carbocycles. The molecule has 23 heavy (non-hydrogen) atoms. The number of hydrogen-bond acceptors (Lipinski definition) is 4. The Kier molecular flexibility index (Phi) is 5.84. The summed E-state index contributed by atoms with van der Waals surface area (Å²) in [5, 5.41) is 2.75. The molecule has 0 saturated carbocycles. The first kappa shape index (κ1) is 17.6. The summed E-state index contributed by atoms with van der Waals surface area (Å²) in [5.41, 5.74) is 6.51. The Hall–Kier alpha value is -1.80. The molecule has 8 heteroatoms. The van der Waals surface area contributed by atoms with Crippen molar-refractivity contribution in [2.45, 2.75) is 31.8 Å². The molecule has 1 heterocycles. The van der Waals surface area contributed by atoms with Crippen molar-refractivity contribution in [1.29, 1.82) is 0 Å². The number of likely N-dealkylation sites (tertiary alicyclic amines) is 1. The number of amides is 1. The number of carbonyl (C=O) groups excluding carboxylic acids is 1. The SMILES string of the molecule is NC1CCN(CC(=O)NCc2ccc(OC(F)(F)F)cc2)CC1. The summed E-state index contributed by atoms with van der Waals surface area (Å²) >= 11 is 0. The molecule has 3 N–H and O–H groups in total. The van der Waals surface area contributed by atoms with E-state index in [9.17, 15) is 18.0 Å². The van der Waals surface area contributed by atoms with Crippen molar-refractivity contribution >= 4 is 5.91 Å². The van der Waals surface area contributed by atoms with E-state index in [0.29, 0.717) is 12.1 Å². The average Bonchev–Trinajstić information content (AvgIpc) is 2.47. The zero-order valence-electron chi connectivity index (χ0n) is 12.6. The first-order chi connectivity index (χ1) is 10.8. The second-order valence-electron chi connectivity index (χ2n) is 5.58. The van der Waals surface area contributed by atoms with Gasteiger partial charge in [-0.1, -0.05) is 12.1 Å². The third kappa shape index (κ3) is 6.45. The van der Waals surface area contributed by atoms with Gasteiger partial charge >= 0.3 is 6.36 Å². The maximum atomic E-state index is 12.1. The summed E-state index contributed by atoms with van der Waals surface area (Å²) in [7, 11) is 0. The lowest BCUT2D eigenvalue weighted by atomic mass is 10.1. The topological polar surface area (TPSA) is 67.6 Å². The van der Waals surface area contributed by atoms with E-state index in [-0.39, 0.29) is 24.2 Å². The molecule has 1 aliphatic rings. The summed E-state index contributed by atoms with van der Waals surface area (Å²) in [6.45, 7) is 2.18. The molecule has 1 aliphatic heterocycles. The highest BCUT2D eigenvalue weighted by Gasteiger charge is 2.30. The minimum atomic E-state index is -4.70. The van der Waals surface area contributed by atoms with Gasteiger partial charge in [0.1, 0.15) is 5.75 Å². The van der Waals surface area contributed by atoms with Gasteiger partial charge in [-0.2, -0.15) is 0 Å². The molecule has 0 bridgehead atoms. The number of alkyl halides is 3. The third-order valence-corrected chi connectivity index (χ3v) is 3.65. The quantitative estimate of drug-likeness (QED) is 0.860. The summed E-state index contributed by atoms with van der Waals surface area (Å²) in [5.74, 6) is -0.395. The molecule has 0 unspecified atom stereocenters. The largest absolute Gasteiger partial charge is 0.573 e. The third-order valence-electron chi connectivity index (χ3n) is 3.65. The number of ether oxygens (including phenoxy) is 1. The summed E-state index contributed by atoms with van der Waals surface area (Å²) in [6.07, 6.45) is -2.94. The second-order valence-corrected chi connectivity index (χ2v) is 5.58. The first-order valence-corrected chi connectivity index (χ1v) is 7.41. The van der Waals surface area contributed by atoms with Gasteiger partial charge in [0.15, 0.2) is 0 Å². The number of nitrogens with two attached hydrogens (primary N) is 1. The predicted molar refractivity (Wildman–Crippen MR) is 78.6 cm³/mol. The smallest absolute Gasteiger partial charge is 0.406 e. The van der Waals surface area contributed by atoms with Crippen molar-refractivity contribution in [3.8, 4) is 5.75 Å². The van der Waals surface area contributed by atoms with E-state index in [1.54, 1.807) is 0 Å². The van der Waals surface area contributed by atoms with Crippen molar-refractivity contribution < 1.29 is 22.7 Å². The summed E-state index contributed by atoms with van der Waals surface area (Å²) in [4.78, 5) is 13.9. The van der Waals surface area contributed by atoms with Crippen LogP contribution in [0, 0.1) is 0 Å². The molecule has 0 radical (unpaired) electrons. The molecule has 5 nitrogen and oxygen atoms in total. The van der Waals surface area contributed by atoms with Crippen LogP contribution in [0.1, 0.15) is 18.4 Å². The highest BCUT2D eigenvalue weighted by molar-refractivity contribution is 5.78. The molecule has 128 valence electrons. The normalized spacial score (nSPS) is 17.0. The summed E-state index contributed by atoms with van der Waals surface area (Å²) < 4.78 is 39.9. The number of nitrogens with zero attached hydrogens (tertiary/aromatic N) is 1. The molecule has 0 atom stereocenters. The van der Waals surface area contributed by atoms with E-state index in [2.05, 4.69) is 10.1 Å². The van der Waals surface area contributed by atoms with E-state index in [0.717, 1.165) is 25.9 Å². The number of rotatable bonds is 5. The lowest BCUT2D eigenvalue weighted by Crippen LogP contribution is -2.44. The van der Waals surface area contributed by atoms with Crippen LogP contribution in [-0.4, -0.2) is 42.8 Å². The molecule has 0 aromatic heterocycles. The Labute approximate surface area is 132 Å². The first-order valence-electron chi connectivity index (χ1n) is 7.41. The van der Waals surface area contributed by atoms with Gasteiger partial charge in [0.2, 0.25) is 5.91 Å². The van der Waals surface area contributed by atoms with Crippen molar-refractivity contribution in [1.82, 2.24) is 10.2 Å². The Morgan fingerprint density at radius 1 is 1.26 bits per heavy atom. The Morgan fingerprint density at radius 2 is 1.87 bits per heavy atom. The molecule has 1 aromatic carbocycles. The van der Waals surface area contributed by atoms with E-state index in [1.165, 1.54) is 24.3 Å². The maximum absolute atomic E-state index is 12.1. The molecular formula is C15H20F3N3O2. The van der Waals surface area contributed by atoms with Crippen LogP contribution in [0.5, 0.6) is 5.75 Å². The lowest BCUT2D eigenvalue weighted by molar-refractivity contribution is -0.274. The fourth-order valence-corrected chi connectivity index (χ4v) is 2.38. The molecule has 2 rings (SSSR count). The van der Waals surface area contributed by atoms with Gasteiger partial charge in [0.25, 0.3) is 0 Å². The van der Waals surface area contributed by atoms with Gasteiger partial charge in [-0.15, -0.1) is 13.2 Å². The zero-order valence-corrected chi connectivity index (χ0v) is 12.6. The van der Waals surface area contributed by atoms with Crippen LogP contribution >= 0.6 is 0 Å². The predicted octanol–water partition coefficient (Wildman–Crippen LogP) is 1.62. The van der Waals surface area contributed by atoms with Gasteiger partial charge < -0.3 is 15.8 Å². The van der Waals surface area contributed by atoms with Gasteiger partial charge in [-0.3, -0.25) is 9.69 Å². The minimum Gasteiger partial charge on any atom is -0.406 e. The molecule has 1 fully saturated rings. The van der Waals surface area contributed by atoms with Crippen molar-refractivity contribution in [2.24, 2.45) is 5.73 Å². The number of carbonyl (C=O) groups is 1. The van der Waals surface area contributed by atoms with Gasteiger partial charge in [-0.25, -0.2) is 0 Å². The maximum Gasteiger partial charge on any atom is 0.573 e. The second kappa shape index (κ2) is 7.65. The van der Waals surface area contributed by atoms with E-state index < -0.39 is 6.36 Å². The monoisotopic (exact) mass is 331 g/mol. The van der Waals surface area contributed by atoms with Crippen LogP contribution in [0.15, 0.2) is 24.3 Å².